The van der Waals surface area contributed by atoms with E-state index in [1.54, 1.807) is 12.5 Å². The smallest absolute Gasteiger partial charge is 0.142 e. The largest absolute Gasteiger partial charge is 0.466 e. The van der Waals surface area contributed by atoms with Gasteiger partial charge >= 0.3 is 0 Å². The minimum Gasteiger partial charge on any atom is -0.466 e. The molecule has 0 amide bonds. The molecule has 3 N–H and O–H groups in total. The molecule has 0 radical (unpaired) electrons. The first-order valence-electron chi connectivity index (χ1n) is 5.70. The van der Waals surface area contributed by atoms with Crippen LogP contribution in [-0.2, 0) is 0 Å². The van der Waals surface area contributed by atoms with Gasteiger partial charge in [0.1, 0.15) is 11.8 Å². The van der Waals surface area contributed by atoms with Gasteiger partial charge in [-0.15, -0.1) is 0 Å². The third-order valence-corrected chi connectivity index (χ3v) is 3.49. The van der Waals surface area contributed by atoms with Crippen molar-refractivity contribution in [3.8, 4) is 0 Å². The first kappa shape index (κ1) is 12.3. The summed E-state index contributed by atoms with van der Waals surface area (Å²) < 4.78 is 6.26. The van der Waals surface area contributed by atoms with Crippen LogP contribution >= 0.6 is 15.9 Å². The molecule has 96 valence electrons. The lowest BCUT2D eigenvalue weighted by Gasteiger charge is -2.13. The zero-order valence-corrected chi connectivity index (χ0v) is 11.5. The summed E-state index contributed by atoms with van der Waals surface area (Å²) in [6.45, 7) is 0. The maximum atomic E-state index is 5.61. The third-order valence-electron chi connectivity index (χ3n) is 2.84. The topological polar surface area (TPSA) is 77.0 Å². The Morgan fingerprint density at radius 2 is 2.00 bits per heavy atom. The Bertz CT molecular complexity index is 712. The van der Waals surface area contributed by atoms with Crippen molar-refractivity contribution in [1.29, 1.82) is 0 Å². The van der Waals surface area contributed by atoms with Gasteiger partial charge in [0.05, 0.1) is 33.7 Å². The molecule has 0 aliphatic rings. The fourth-order valence-corrected chi connectivity index (χ4v) is 2.35. The van der Waals surface area contributed by atoms with Crippen molar-refractivity contribution in [2.45, 2.75) is 6.04 Å². The number of furan rings is 1. The molecule has 0 fully saturated rings. The van der Waals surface area contributed by atoms with E-state index in [0.717, 1.165) is 15.5 Å². The van der Waals surface area contributed by atoms with Crippen LogP contribution in [0.4, 0.5) is 0 Å². The Kier molecular flexibility index (Phi) is 3.29. The van der Waals surface area contributed by atoms with Crippen molar-refractivity contribution >= 4 is 27.0 Å². The zero-order valence-electron chi connectivity index (χ0n) is 9.88. The Morgan fingerprint density at radius 1 is 1.21 bits per heavy atom. The van der Waals surface area contributed by atoms with Gasteiger partial charge in [-0.3, -0.25) is 10.8 Å². The van der Waals surface area contributed by atoms with E-state index in [1.165, 1.54) is 0 Å². The van der Waals surface area contributed by atoms with Crippen LogP contribution in [-0.4, -0.2) is 9.97 Å². The molecule has 0 bridgehead atoms. The summed E-state index contributed by atoms with van der Waals surface area (Å²) in [6, 6.07) is 9.15. The molecular formula is C13H11BrN4O. The number of hydrogen-bond acceptors (Lipinski definition) is 5. The molecule has 2 aromatic heterocycles. The molecule has 0 saturated heterocycles. The van der Waals surface area contributed by atoms with Gasteiger partial charge in [0.15, 0.2) is 0 Å². The van der Waals surface area contributed by atoms with E-state index in [4.69, 9.17) is 10.3 Å². The van der Waals surface area contributed by atoms with Crippen molar-refractivity contribution in [2.24, 2.45) is 5.84 Å². The van der Waals surface area contributed by atoms with E-state index in [1.807, 2.05) is 30.3 Å². The molecule has 5 nitrogen and oxygen atoms in total. The Hall–Kier alpha value is -1.76. The van der Waals surface area contributed by atoms with Crippen molar-refractivity contribution in [3.63, 3.8) is 0 Å². The Balaban J connectivity index is 2.09. The van der Waals surface area contributed by atoms with Gasteiger partial charge in [-0.2, -0.15) is 0 Å². The minimum atomic E-state index is -0.346. The van der Waals surface area contributed by atoms with Gasteiger partial charge < -0.3 is 4.42 Å². The molecule has 0 spiro atoms. The number of benzene rings is 1. The van der Waals surface area contributed by atoms with Crippen LogP contribution in [0.2, 0.25) is 0 Å². The van der Waals surface area contributed by atoms with E-state index in [2.05, 4.69) is 31.3 Å². The Morgan fingerprint density at radius 3 is 2.68 bits per heavy atom. The monoisotopic (exact) mass is 318 g/mol. The molecule has 3 rings (SSSR count). The number of nitrogens with zero attached hydrogens (tertiary/aromatic N) is 2. The SMILES string of the molecule is NNC(c1cnc2ccccc2n1)c1occc1Br. The number of para-hydroxylation sites is 2. The van der Waals surface area contributed by atoms with Crippen LogP contribution in [0.5, 0.6) is 0 Å². The number of fused-ring (bicyclic) bond motifs is 1. The summed E-state index contributed by atoms with van der Waals surface area (Å²) in [6.07, 6.45) is 3.29. The van der Waals surface area contributed by atoms with Gasteiger partial charge in [-0.05, 0) is 34.1 Å². The van der Waals surface area contributed by atoms with Gasteiger partial charge in [-0.1, -0.05) is 12.1 Å². The highest BCUT2D eigenvalue weighted by Gasteiger charge is 2.20. The number of aromatic nitrogens is 2. The summed E-state index contributed by atoms with van der Waals surface area (Å²) >= 11 is 3.42. The highest BCUT2D eigenvalue weighted by Crippen LogP contribution is 2.28. The second-order valence-corrected chi connectivity index (χ2v) is 4.87. The molecule has 19 heavy (non-hydrogen) atoms. The lowest BCUT2D eigenvalue weighted by molar-refractivity contribution is 0.445. The average molecular weight is 319 g/mol. The van der Waals surface area contributed by atoms with Crippen molar-refractivity contribution in [1.82, 2.24) is 15.4 Å². The molecule has 1 atom stereocenters. The highest BCUT2D eigenvalue weighted by atomic mass is 79.9. The number of rotatable bonds is 3. The summed E-state index contributed by atoms with van der Waals surface area (Å²) in [5.74, 6) is 6.28. The van der Waals surface area contributed by atoms with E-state index in [9.17, 15) is 0 Å². The first-order chi connectivity index (χ1) is 9.29. The second-order valence-electron chi connectivity index (χ2n) is 4.02. The predicted octanol–water partition coefficient (Wildman–Crippen LogP) is 2.54. The number of hydrogen-bond donors (Lipinski definition) is 2. The molecule has 0 saturated carbocycles. The molecule has 1 aromatic carbocycles. The molecule has 0 aliphatic heterocycles. The number of hydrazine groups is 1. The van der Waals surface area contributed by atoms with Crippen LogP contribution in [0.25, 0.3) is 11.0 Å². The van der Waals surface area contributed by atoms with Gasteiger partial charge in [0, 0.05) is 0 Å². The first-order valence-corrected chi connectivity index (χ1v) is 6.49. The van der Waals surface area contributed by atoms with Crippen molar-refractivity contribution in [2.75, 3.05) is 0 Å². The summed E-state index contributed by atoms with van der Waals surface area (Å²) in [4.78, 5) is 8.93. The van der Waals surface area contributed by atoms with Crippen LogP contribution in [0.1, 0.15) is 17.5 Å². The lowest BCUT2D eigenvalue weighted by atomic mass is 10.1. The number of halogens is 1. The molecule has 2 heterocycles. The van der Waals surface area contributed by atoms with Crippen LogP contribution in [0.3, 0.4) is 0 Å². The molecule has 6 heteroatoms. The van der Waals surface area contributed by atoms with Crippen LogP contribution in [0, 0.1) is 0 Å². The maximum Gasteiger partial charge on any atom is 0.142 e. The van der Waals surface area contributed by atoms with E-state index >= 15 is 0 Å². The molecular weight excluding hydrogens is 308 g/mol. The van der Waals surface area contributed by atoms with E-state index in [-0.39, 0.29) is 6.04 Å². The van der Waals surface area contributed by atoms with Crippen LogP contribution < -0.4 is 11.3 Å². The van der Waals surface area contributed by atoms with Crippen LogP contribution in [0.15, 0.2) is 51.7 Å². The summed E-state index contributed by atoms with van der Waals surface area (Å²) in [5.41, 5.74) is 5.08. The quantitative estimate of drug-likeness (QED) is 0.573. The number of nitrogens with one attached hydrogen (secondary N) is 1. The Labute approximate surface area is 117 Å². The minimum absolute atomic E-state index is 0.346. The van der Waals surface area contributed by atoms with Gasteiger partial charge in [-0.25, -0.2) is 10.4 Å². The summed E-state index contributed by atoms with van der Waals surface area (Å²) in [7, 11) is 0. The standard InChI is InChI=1S/C13H11BrN4O/c14-8-5-6-19-13(8)12(18-15)11-7-16-9-3-1-2-4-10(9)17-11/h1-7,12,18H,15H2. The van der Waals surface area contributed by atoms with E-state index in [0.29, 0.717) is 11.5 Å². The second kappa shape index (κ2) is 5.08. The third kappa shape index (κ3) is 2.25. The molecule has 1 unspecified atom stereocenters. The normalized spacial score (nSPS) is 12.7. The van der Waals surface area contributed by atoms with Crippen molar-refractivity contribution in [3.05, 3.63) is 58.7 Å². The van der Waals surface area contributed by atoms with E-state index < -0.39 is 0 Å². The average Bonchev–Trinajstić information content (AvgIpc) is 2.86. The lowest BCUT2D eigenvalue weighted by Crippen LogP contribution is -2.29. The number of nitrogens with two attached hydrogens (primary N) is 1. The molecule has 0 aliphatic carbocycles. The summed E-state index contributed by atoms with van der Waals surface area (Å²) in [5, 5.41) is 0. The van der Waals surface area contributed by atoms with Gasteiger partial charge in [0.25, 0.3) is 0 Å². The zero-order chi connectivity index (χ0) is 13.2. The maximum absolute atomic E-state index is 5.61. The predicted molar refractivity (Wildman–Crippen MR) is 75.1 cm³/mol. The highest BCUT2D eigenvalue weighted by molar-refractivity contribution is 9.10. The fraction of sp³-hybridized carbons (Fsp3) is 0.0769. The van der Waals surface area contributed by atoms with Gasteiger partial charge in [0.2, 0.25) is 0 Å². The fourth-order valence-electron chi connectivity index (χ4n) is 1.92. The molecule has 3 aromatic rings. The van der Waals surface area contributed by atoms with Crippen molar-refractivity contribution < 1.29 is 4.42 Å².